The summed E-state index contributed by atoms with van der Waals surface area (Å²) in [6.45, 7) is 12.4. The Morgan fingerprint density at radius 2 is 1.36 bits per heavy atom. The third-order valence-electron chi connectivity index (χ3n) is 7.48. The lowest BCUT2D eigenvalue weighted by atomic mass is 9.89. The van der Waals surface area contributed by atoms with E-state index in [9.17, 15) is 9.90 Å². The van der Waals surface area contributed by atoms with Crippen LogP contribution < -0.4 is 10.3 Å². The minimum atomic E-state index is -0.0469. The highest BCUT2D eigenvalue weighted by atomic mass is 32.2. The van der Waals surface area contributed by atoms with Crippen LogP contribution in [0.15, 0.2) is 51.7 Å². The second kappa shape index (κ2) is 16.3. The summed E-state index contributed by atoms with van der Waals surface area (Å²) in [5.41, 5.74) is 7.34. The van der Waals surface area contributed by atoms with Gasteiger partial charge in [-0.1, -0.05) is 19.9 Å². The maximum Gasteiger partial charge on any atom is 0.185 e. The van der Waals surface area contributed by atoms with Gasteiger partial charge in [0.05, 0.1) is 0 Å². The number of hydrogen-bond donors (Lipinski definition) is 1. The van der Waals surface area contributed by atoms with Crippen molar-refractivity contribution in [3.63, 3.8) is 0 Å². The zero-order valence-electron chi connectivity index (χ0n) is 25.5. The molecule has 2 aliphatic rings. The molecule has 0 amide bonds. The molecule has 226 valence electrons. The number of phenols is 1. The molecule has 4 nitrogen and oxygen atoms in total. The molecule has 0 fully saturated rings. The van der Waals surface area contributed by atoms with E-state index in [1.807, 2.05) is 73.0 Å². The molecule has 1 aliphatic heterocycles. The summed E-state index contributed by atoms with van der Waals surface area (Å²) in [5, 5.41) is 11.4. The number of fused-ring (bicyclic) bond motifs is 2. The van der Waals surface area contributed by atoms with Gasteiger partial charge in [0.2, 0.25) is 0 Å². The molecule has 1 N–H and O–H groups in total. The molecule has 0 bridgehead atoms. The number of nitrogens with zero attached hydrogens (tertiary/aromatic N) is 1. The number of anilines is 1. The Hall–Kier alpha value is -1.87. The molecule has 4 rings (SSSR count). The van der Waals surface area contributed by atoms with Gasteiger partial charge in [0.15, 0.2) is 5.43 Å². The molecule has 0 aromatic heterocycles. The molecule has 0 saturated heterocycles. The number of thioether (sulfide) groups is 4. The van der Waals surface area contributed by atoms with Crippen LogP contribution in [0.2, 0.25) is 0 Å². The van der Waals surface area contributed by atoms with E-state index in [-0.39, 0.29) is 11.2 Å². The molecule has 0 unspecified atom stereocenters. The molecule has 8 heteroatoms. The first-order chi connectivity index (χ1) is 20.4. The summed E-state index contributed by atoms with van der Waals surface area (Å²) >= 11 is 8.13. The minimum absolute atomic E-state index is 0.0469. The van der Waals surface area contributed by atoms with Crippen molar-refractivity contribution in [3.05, 3.63) is 69.4 Å². The van der Waals surface area contributed by atoms with Gasteiger partial charge in [0.25, 0.3) is 0 Å². The Morgan fingerprint density at radius 1 is 0.738 bits per heavy atom. The Labute approximate surface area is 268 Å². The zero-order chi connectivity index (χ0) is 30.1. The third kappa shape index (κ3) is 7.99. The van der Waals surface area contributed by atoms with E-state index in [2.05, 4.69) is 43.9 Å². The van der Waals surface area contributed by atoms with Gasteiger partial charge in [-0.25, -0.2) is 0 Å². The summed E-state index contributed by atoms with van der Waals surface area (Å²) in [5.74, 6) is 10.2. The lowest BCUT2D eigenvalue weighted by Crippen LogP contribution is -2.28. The van der Waals surface area contributed by atoms with Crippen molar-refractivity contribution in [2.75, 3.05) is 64.0 Å². The van der Waals surface area contributed by atoms with Gasteiger partial charge < -0.3 is 14.4 Å². The zero-order valence-corrected chi connectivity index (χ0v) is 28.7. The van der Waals surface area contributed by atoms with E-state index < -0.39 is 0 Å². The molecule has 0 saturated carbocycles. The van der Waals surface area contributed by atoms with Crippen molar-refractivity contribution in [2.24, 2.45) is 0 Å². The molecular formula is C34H43NO3S4. The normalized spacial score (nSPS) is 11.5. The number of aromatic hydroxyl groups is 1. The number of benzene rings is 3. The van der Waals surface area contributed by atoms with Crippen LogP contribution >= 0.6 is 47.0 Å². The van der Waals surface area contributed by atoms with Crippen LogP contribution in [0, 0.1) is 20.8 Å². The molecule has 0 atom stereocenters. The van der Waals surface area contributed by atoms with Gasteiger partial charge in [-0.15, -0.1) is 0 Å². The van der Waals surface area contributed by atoms with Crippen LogP contribution in [0.4, 0.5) is 5.69 Å². The smallest absolute Gasteiger partial charge is 0.185 e. The van der Waals surface area contributed by atoms with Crippen molar-refractivity contribution in [1.82, 2.24) is 0 Å². The SMILES string of the molecule is CCSCCSCCN(CCSCCSCC)c1ccc(-c2c3ccc(=O)c(C)c-3oc3c(C)c(O)ccc23)c(C)c1. The van der Waals surface area contributed by atoms with E-state index in [1.165, 1.54) is 45.8 Å². The number of phenolic OH excluding ortho intramolecular Hbond substituents is 1. The predicted octanol–water partition coefficient (Wildman–Crippen LogP) is 8.97. The Balaban J connectivity index is 1.68. The fraction of sp³-hybridized carbons (Fsp3) is 0.441. The molecular weight excluding hydrogens is 599 g/mol. The van der Waals surface area contributed by atoms with Crippen LogP contribution in [-0.4, -0.2) is 64.2 Å². The van der Waals surface area contributed by atoms with Gasteiger partial charge >= 0.3 is 0 Å². The van der Waals surface area contributed by atoms with Crippen molar-refractivity contribution >= 4 is 63.7 Å². The fourth-order valence-corrected chi connectivity index (χ4v) is 8.69. The number of aryl methyl sites for hydroxylation is 2. The lowest BCUT2D eigenvalue weighted by Gasteiger charge is -2.26. The predicted molar refractivity (Wildman–Crippen MR) is 193 cm³/mol. The number of rotatable bonds is 16. The maximum absolute atomic E-state index is 12.6. The van der Waals surface area contributed by atoms with Crippen molar-refractivity contribution in [3.8, 4) is 28.2 Å². The highest BCUT2D eigenvalue weighted by Crippen LogP contribution is 2.44. The number of hydrogen-bond acceptors (Lipinski definition) is 8. The van der Waals surface area contributed by atoms with Crippen LogP contribution in [0.25, 0.3) is 33.4 Å². The van der Waals surface area contributed by atoms with Crippen molar-refractivity contribution < 1.29 is 9.52 Å². The van der Waals surface area contributed by atoms with Gasteiger partial charge in [-0.2, -0.15) is 47.0 Å². The molecule has 1 heterocycles. The molecule has 0 radical (unpaired) electrons. The molecule has 2 aromatic carbocycles. The van der Waals surface area contributed by atoms with Crippen LogP contribution in [0.1, 0.15) is 30.5 Å². The third-order valence-corrected chi connectivity index (χ3v) is 11.7. The summed E-state index contributed by atoms with van der Waals surface area (Å²) in [7, 11) is 0. The Bertz CT molecular complexity index is 1490. The van der Waals surface area contributed by atoms with E-state index in [0.29, 0.717) is 22.5 Å². The summed E-state index contributed by atoms with van der Waals surface area (Å²) in [4.78, 5) is 15.1. The largest absolute Gasteiger partial charge is 0.508 e. The fourth-order valence-electron chi connectivity index (χ4n) is 5.12. The molecule has 42 heavy (non-hydrogen) atoms. The van der Waals surface area contributed by atoms with Gasteiger partial charge in [-0.3, -0.25) is 4.79 Å². The average Bonchev–Trinajstić information content (AvgIpc) is 2.99. The average molecular weight is 642 g/mol. The summed E-state index contributed by atoms with van der Waals surface area (Å²) in [6, 6.07) is 14.0. The van der Waals surface area contributed by atoms with Crippen molar-refractivity contribution in [2.45, 2.75) is 34.6 Å². The molecule has 1 aliphatic carbocycles. The van der Waals surface area contributed by atoms with E-state index >= 15 is 0 Å². The summed E-state index contributed by atoms with van der Waals surface area (Å²) in [6.07, 6.45) is 0. The molecule has 0 spiro atoms. The topological polar surface area (TPSA) is 53.7 Å². The Morgan fingerprint density at radius 3 is 1.98 bits per heavy atom. The Kier molecular flexibility index (Phi) is 12.8. The quantitative estimate of drug-likeness (QED) is 0.0961. The standard InChI is InChI=1S/C34H43NO3S4/c1-6-39-18-20-41-16-14-35(15-17-42-21-19-40-7-2)26-8-9-27(23(3)22-26)32-28-10-12-30(36)24(4)33(28)38-34-25(5)31(37)13-11-29(32)34/h8-13,22,36H,6-7,14-21H2,1-5H3. The second-order valence-electron chi connectivity index (χ2n) is 10.2. The van der Waals surface area contributed by atoms with Gasteiger partial charge in [-0.05, 0) is 79.8 Å². The van der Waals surface area contributed by atoms with E-state index in [0.717, 1.165) is 46.7 Å². The monoisotopic (exact) mass is 641 g/mol. The minimum Gasteiger partial charge on any atom is -0.508 e. The van der Waals surface area contributed by atoms with E-state index in [4.69, 9.17) is 4.42 Å². The first-order valence-electron chi connectivity index (χ1n) is 14.7. The highest BCUT2D eigenvalue weighted by Gasteiger charge is 2.23. The summed E-state index contributed by atoms with van der Waals surface area (Å²) < 4.78 is 6.32. The van der Waals surface area contributed by atoms with Gasteiger partial charge in [0, 0.05) is 80.9 Å². The van der Waals surface area contributed by atoms with Crippen LogP contribution in [0.3, 0.4) is 0 Å². The van der Waals surface area contributed by atoms with Crippen LogP contribution in [0.5, 0.6) is 5.75 Å². The maximum atomic E-state index is 12.6. The van der Waals surface area contributed by atoms with Crippen LogP contribution in [-0.2, 0) is 0 Å². The molecule has 2 aromatic rings. The second-order valence-corrected chi connectivity index (χ2v) is 15.5. The highest BCUT2D eigenvalue weighted by molar-refractivity contribution is 8.03. The van der Waals surface area contributed by atoms with Crippen molar-refractivity contribution in [1.29, 1.82) is 0 Å². The lowest BCUT2D eigenvalue weighted by molar-refractivity contribution is 0.469. The first kappa shape index (κ1) is 33.0. The van der Waals surface area contributed by atoms with Gasteiger partial charge in [0.1, 0.15) is 17.1 Å². The first-order valence-corrected chi connectivity index (χ1v) is 19.3. The van der Waals surface area contributed by atoms with E-state index in [1.54, 1.807) is 12.1 Å².